The summed E-state index contributed by atoms with van der Waals surface area (Å²) in [7, 11) is 0.798. The van der Waals surface area contributed by atoms with Crippen molar-refractivity contribution in [2.45, 2.75) is 43.6 Å². The Kier molecular flexibility index (Phi) is 1.13. The smallest absolute Gasteiger partial charge is 0.340 e. The van der Waals surface area contributed by atoms with Gasteiger partial charge in [-0.25, -0.2) is 4.79 Å². The quantitative estimate of drug-likeness (QED) is 0.867. The van der Waals surface area contributed by atoms with Gasteiger partial charge in [-0.15, -0.1) is 0 Å². The van der Waals surface area contributed by atoms with Crippen molar-refractivity contribution in [2.24, 2.45) is 0 Å². The molecule has 2 fully saturated rings. The number of H-pyrrole nitrogens is 1. The van der Waals surface area contributed by atoms with Crippen molar-refractivity contribution >= 4 is 16.9 Å². The molecule has 0 saturated carbocycles. The molecule has 1 N–H and O–H groups in total. The minimum Gasteiger partial charge on any atom is -0.459 e. The summed E-state index contributed by atoms with van der Waals surface area (Å²) in [4.78, 5) is 15.9. The molecule has 2 aromatic rings. The van der Waals surface area contributed by atoms with Crippen LogP contribution in [-0.4, -0.2) is 41.0 Å². The van der Waals surface area contributed by atoms with Gasteiger partial charge < -0.3 is 14.6 Å². The lowest BCUT2D eigenvalue weighted by atomic mass is 10.0. The van der Waals surface area contributed by atoms with Crippen molar-refractivity contribution in [3.8, 4) is 0 Å². The fourth-order valence-corrected chi connectivity index (χ4v) is 2.11. The monoisotopic (exact) mass is 298 g/mol. The number of hydrogen-bond acceptors (Lipinski definition) is 3. The number of nitrogens with zero attached hydrogens (tertiary/aromatic N) is 1. The van der Waals surface area contributed by atoms with E-state index in [0.29, 0.717) is 0 Å². The average Bonchev–Trinajstić information content (AvgIpc) is 3.08. The van der Waals surface area contributed by atoms with Crippen LogP contribution in [0.4, 0.5) is 0 Å². The first-order valence-corrected chi connectivity index (χ1v) is 6.16. The average molecular weight is 298 g/mol. The second-order valence-electron chi connectivity index (χ2n) is 4.49. The van der Waals surface area contributed by atoms with Gasteiger partial charge in [-0.3, -0.25) is 0 Å². The summed E-state index contributed by atoms with van der Waals surface area (Å²) < 4.78 is 122. The van der Waals surface area contributed by atoms with Gasteiger partial charge in [-0.1, -0.05) is 18.2 Å². The number of hydrogen-bond donors (Lipinski definition) is 1. The standard InChI is InChI=1S/C17H20N2O2/c1-19-11-6-7-12(19)9-13(8-11)21-17(20)15-10-18-16-5-3-2-4-14(15)16/h2-5,10-13,18H,6-9H2,1H3/t11-,12+,13?/i2D,5D,6D2,7D2,8D2,9D2,10D,11D,12D,13D. The lowest BCUT2D eigenvalue weighted by Gasteiger charge is -2.35. The number of benzene rings is 1. The summed E-state index contributed by atoms with van der Waals surface area (Å²) in [6.07, 6.45) is -19.1. The predicted octanol–water partition coefficient (Wildman–Crippen LogP) is 2.95. The molecule has 1 unspecified atom stereocenters. The number of fused-ring (bicyclic) bond motifs is 3. The van der Waals surface area contributed by atoms with E-state index < -0.39 is 61.3 Å². The first kappa shape index (κ1) is 4.85. The number of carbonyl (C=O) groups excluding carboxylic acids is 1. The van der Waals surface area contributed by atoms with Gasteiger partial charge in [0, 0.05) is 55.6 Å². The van der Waals surface area contributed by atoms with E-state index in [0.717, 1.165) is 19.2 Å². The van der Waals surface area contributed by atoms with Crippen LogP contribution in [0, 0.1) is 0 Å². The van der Waals surface area contributed by atoms with Crippen molar-refractivity contribution in [2.75, 3.05) is 7.05 Å². The summed E-state index contributed by atoms with van der Waals surface area (Å²) in [6, 6.07) is -5.08. The Morgan fingerprint density at radius 2 is 2.29 bits per heavy atom. The molecular weight excluding hydrogens is 264 g/mol. The van der Waals surface area contributed by atoms with Gasteiger partial charge in [-0.05, 0) is 25.8 Å². The molecule has 21 heavy (non-hydrogen) atoms. The molecule has 4 nitrogen and oxygen atoms in total. The number of piperidine rings is 1. The second-order valence-corrected chi connectivity index (χ2v) is 4.49. The third kappa shape index (κ3) is 2.14. The summed E-state index contributed by atoms with van der Waals surface area (Å²) in [5.74, 6) is -1.66. The van der Waals surface area contributed by atoms with Crippen LogP contribution in [0.2, 0.25) is 0 Å². The number of rotatable bonds is 2. The fourth-order valence-electron chi connectivity index (χ4n) is 2.11. The van der Waals surface area contributed by atoms with Crippen molar-refractivity contribution in [3.05, 3.63) is 36.0 Å². The first-order valence-electron chi connectivity index (χ1n) is 13.2. The zero-order valence-corrected chi connectivity index (χ0v) is 10.9. The molecule has 2 bridgehead atoms. The minimum atomic E-state index is -3.84. The fraction of sp³-hybridized carbons (Fsp3) is 0.471. The lowest BCUT2D eigenvalue weighted by molar-refractivity contribution is -0.000258. The number of nitrogens with one attached hydrogen (secondary N) is 1. The van der Waals surface area contributed by atoms with Crippen LogP contribution in [0.15, 0.2) is 30.4 Å². The largest absolute Gasteiger partial charge is 0.459 e. The van der Waals surface area contributed by atoms with E-state index >= 15 is 0 Å². The molecule has 1 aromatic carbocycles. The Morgan fingerprint density at radius 3 is 3.05 bits per heavy atom. The number of aromatic amines is 1. The molecule has 1 aromatic heterocycles. The summed E-state index contributed by atoms with van der Waals surface area (Å²) in [5, 5.41) is -0.176. The third-order valence-corrected chi connectivity index (χ3v) is 3.21. The highest BCUT2D eigenvalue weighted by molar-refractivity contribution is 6.04. The molecule has 3 heterocycles. The summed E-state index contributed by atoms with van der Waals surface area (Å²) in [6.45, 7) is 0. The van der Waals surface area contributed by atoms with E-state index in [4.69, 9.17) is 23.9 Å². The van der Waals surface area contributed by atoms with E-state index in [1.54, 1.807) is 0 Å². The van der Waals surface area contributed by atoms with Gasteiger partial charge >= 0.3 is 5.97 Å². The van der Waals surface area contributed by atoms with Crippen LogP contribution in [0.5, 0.6) is 0 Å². The highest BCUT2D eigenvalue weighted by Crippen LogP contribution is 2.35. The lowest BCUT2D eigenvalue weighted by Crippen LogP contribution is -2.43. The second kappa shape index (κ2) is 4.88. The van der Waals surface area contributed by atoms with Crippen LogP contribution in [0.3, 0.4) is 0 Å². The molecule has 0 amide bonds. The van der Waals surface area contributed by atoms with E-state index in [2.05, 4.69) is 4.98 Å². The first-order chi connectivity index (χ1) is 15.6. The number of ether oxygens (including phenoxy) is 1. The number of para-hydroxylation sites is 1. The molecule has 2 saturated heterocycles. The van der Waals surface area contributed by atoms with Gasteiger partial charge in [0.05, 0.1) is 11.0 Å². The van der Waals surface area contributed by atoms with Gasteiger partial charge in [0.25, 0.3) is 0 Å². The zero-order chi connectivity index (χ0) is 26.9. The van der Waals surface area contributed by atoms with Crippen LogP contribution in [-0.2, 0) is 4.74 Å². The van der Waals surface area contributed by atoms with E-state index in [-0.39, 0.29) is 27.9 Å². The van der Waals surface area contributed by atoms with Crippen molar-refractivity contribution in [1.82, 2.24) is 9.88 Å². The van der Waals surface area contributed by atoms with Crippen LogP contribution in [0.1, 0.15) is 55.0 Å². The molecule has 110 valence electrons. The number of esters is 1. The van der Waals surface area contributed by atoms with Gasteiger partial charge in [0.15, 0.2) is 0 Å². The van der Waals surface area contributed by atoms with Crippen LogP contribution >= 0.6 is 0 Å². The molecule has 2 aliphatic heterocycles. The maximum absolute atomic E-state index is 13.2. The third-order valence-electron chi connectivity index (χ3n) is 3.21. The van der Waals surface area contributed by atoms with Gasteiger partial charge in [-0.2, -0.15) is 0 Å². The molecule has 4 rings (SSSR count). The van der Waals surface area contributed by atoms with Crippen molar-refractivity contribution in [3.63, 3.8) is 0 Å². The number of carbonyl (C=O) groups is 1. The Labute approximate surface area is 143 Å². The zero-order valence-electron chi connectivity index (χ0n) is 24.9. The van der Waals surface area contributed by atoms with E-state index in [9.17, 15) is 4.79 Å². The molecule has 0 spiro atoms. The van der Waals surface area contributed by atoms with E-state index in [1.165, 1.54) is 0 Å². The maximum atomic E-state index is 13.2. The Morgan fingerprint density at radius 1 is 1.52 bits per heavy atom. The van der Waals surface area contributed by atoms with Crippen LogP contribution < -0.4 is 0 Å². The highest BCUT2D eigenvalue weighted by Gasteiger charge is 2.40. The molecule has 0 radical (unpaired) electrons. The molecule has 2 aliphatic rings. The van der Waals surface area contributed by atoms with Gasteiger partial charge in [0.1, 0.15) is 6.08 Å². The topological polar surface area (TPSA) is 45.3 Å². The summed E-state index contributed by atoms with van der Waals surface area (Å²) >= 11 is 0. The van der Waals surface area contributed by atoms with Crippen molar-refractivity contribution < 1.29 is 28.7 Å². The Hall–Kier alpha value is -1.81. The van der Waals surface area contributed by atoms with Gasteiger partial charge in [0.2, 0.25) is 0 Å². The maximum Gasteiger partial charge on any atom is 0.340 e. The van der Waals surface area contributed by atoms with Crippen LogP contribution in [0.25, 0.3) is 10.9 Å². The molecular formula is C17H20N2O2. The Balaban J connectivity index is 1.96. The number of aromatic nitrogens is 1. The predicted molar refractivity (Wildman–Crippen MR) is 81.3 cm³/mol. The highest BCUT2D eigenvalue weighted by atomic mass is 16.5. The molecule has 0 aliphatic carbocycles. The molecule has 4 heteroatoms. The van der Waals surface area contributed by atoms with E-state index in [1.807, 2.05) is 0 Å². The normalized spacial score (nSPS) is 58.7. The van der Waals surface area contributed by atoms with Crippen molar-refractivity contribution in [1.29, 1.82) is 0 Å². The Bertz CT molecular complexity index is 1240. The minimum absolute atomic E-state index is 0.0620. The SMILES string of the molecule is [2H]c1cc([2H])c2[nH]c([2H])c(C(=O)OC3([2H])C([2H])([2H])[C@]4([2H])N(C)[C@]([2H])(C3([2H])[2H])C([2H])([2H])C4([2H])[2H])c2c1. The molecule has 3 atom stereocenters. The summed E-state index contributed by atoms with van der Waals surface area (Å²) in [5.41, 5.74) is -0.732.